The summed E-state index contributed by atoms with van der Waals surface area (Å²) in [7, 11) is 0. The molecular weight excluding hydrogens is 390 g/mol. The van der Waals surface area contributed by atoms with Gasteiger partial charge in [-0.1, -0.05) is 42.5 Å². The molecule has 3 aromatic carbocycles. The van der Waals surface area contributed by atoms with Crippen LogP contribution in [-0.2, 0) is 16.1 Å². The number of rotatable bonds is 8. The third-order valence-corrected chi connectivity index (χ3v) is 4.29. The molecule has 0 aliphatic rings. The zero-order chi connectivity index (χ0) is 22.1. The third kappa shape index (κ3) is 7.16. The number of hydrogen-bond acceptors (Lipinski definition) is 4. The molecule has 0 aromatic heterocycles. The molecule has 0 unspecified atom stereocenters. The Bertz CT molecular complexity index is 1020. The molecule has 0 heterocycles. The largest absolute Gasteiger partial charge is 0.489 e. The van der Waals surface area contributed by atoms with Crippen LogP contribution < -0.4 is 10.1 Å². The number of amides is 1. The first kappa shape index (κ1) is 21.8. The summed E-state index contributed by atoms with van der Waals surface area (Å²) in [6, 6.07) is 24.1. The Morgan fingerprint density at radius 2 is 1.58 bits per heavy atom. The molecule has 0 aliphatic heterocycles. The van der Waals surface area contributed by atoms with E-state index in [1.54, 1.807) is 44.2 Å². The van der Waals surface area contributed by atoms with Crippen molar-refractivity contribution in [2.75, 3.05) is 5.32 Å². The Balaban J connectivity index is 1.49. The van der Waals surface area contributed by atoms with Gasteiger partial charge < -0.3 is 14.8 Å². The van der Waals surface area contributed by atoms with E-state index >= 15 is 0 Å². The smallest absolute Gasteiger partial charge is 0.338 e. The molecule has 0 bridgehead atoms. The molecule has 3 rings (SSSR count). The van der Waals surface area contributed by atoms with Crippen LogP contribution in [0.5, 0.6) is 5.75 Å². The predicted octanol–water partition coefficient (Wildman–Crippen LogP) is 5.48. The average Bonchev–Trinajstić information content (AvgIpc) is 2.78. The van der Waals surface area contributed by atoms with Gasteiger partial charge in [-0.3, -0.25) is 4.79 Å². The minimum absolute atomic E-state index is 0.179. The van der Waals surface area contributed by atoms with Crippen molar-refractivity contribution in [1.82, 2.24) is 0 Å². The third-order valence-electron chi connectivity index (χ3n) is 4.29. The van der Waals surface area contributed by atoms with Crippen molar-refractivity contribution in [2.24, 2.45) is 0 Å². The maximum atomic E-state index is 12.2. The highest BCUT2D eigenvalue weighted by atomic mass is 16.5. The monoisotopic (exact) mass is 415 g/mol. The Kier molecular flexibility index (Phi) is 7.60. The molecule has 5 heteroatoms. The van der Waals surface area contributed by atoms with Crippen molar-refractivity contribution in [3.63, 3.8) is 0 Å². The quantitative estimate of drug-likeness (QED) is 0.391. The minimum atomic E-state index is -0.385. The van der Waals surface area contributed by atoms with Gasteiger partial charge in [0.2, 0.25) is 5.91 Å². The standard InChI is InChI=1S/C26H25NO4/c1-19(2)31-26(29)22-11-13-23(14-12-22)27-25(28)17-10-20-8-15-24(16-9-20)30-18-21-6-4-3-5-7-21/h3-17,19H,18H2,1-2H3,(H,27,28). The second kappa shape index (κ2) is 10.8. The molecule has 0 saturated carbocycles. The number of carbonyl (C=O) groups is 2. The van der Waals surface area contributed by atoms with E-state index in [0.29, 0.717) is 17.9 Å². The summed E-state index contributed by atoms with van der Waals surface area (Å²) in [5.74, 6) is 0.118. The van der Waals surface area contributed by atoms with Gasteiger partial charge in [-0.05, 0) is 67.4 Å². The van der Waals surface area contributed by atoms with Crippen molar-refractivity contribution in [2.45, 2.75) is 26.6 Å². The van der Waals surface area contributed by atoms with E-state index in [-0.39, 0.29) is 18.0 Å². The van der Waals surface area contributed by atoms with E-state index in [0.717, 1.165) is 16.9 Å². The average molecular weight is 415 g/mol. The number of esters is 1. The number of benzene rings is 3. The van der Waals surface area contributed by atoms with Crippen molar-refractivity contribution in [3.05, 3.63) is 102 Å². The van der Waals surface area contributed by atoms with E-state index < -0.39 is 0 Å². The lowest BCUT2D eigenvalue weighted by atomic mass is 10.2. The van der Waals surface area contributed by atoms with Crippen LogP contribution in [0.2, 0.25) is 0 Å². The lowest BCUT2D eigenvalue weighted by Crippen LogP contribution is -2.12. The molecular formula is C26H25NO4. The van der Waals surface area contributed by atoms with Crippen LogP contribution in [0.4, 0.5) is 5.69 Å². The van der Waals surface area contributed by atoms with Crippen LogP contribution >= 0.6 is 0 Å². The molecule has 158 valence electrons. The van der Waals surface area contributed by atoms with Crippen molar-refractivity contribution >= 4 is 23.6 Å². The molecule has 1 N–H and O–H groups in total. The van der Waals surface area contributed by atoms with Crippen molar-refractivity contribution in [3.8, 4) is 5.75 Å². The normalized spacial score (nSPS) is 10.8. The summed E-state index contributed by atoms with van der Waals surface area (Å²) in [6.07, 6.45) is 3.01. The molecule has 0 saturated heterocycles. The fourth-order valence-electron chi connectivity index (χ4n) is 2.74. The Labute approximate surface area is 182 Å². The van der Waals surface area contributed by atoms with Gasteiger partial charge in [0.05, 0.1) is 11.7 Å². The molecule has 1 amide bonds. The second-order valence-electron chi connectivity index (χ2n) is 7.20. The predicted molar refractivity (Wildman–Crippen MR) is 122 cm³/mol. The fourth-order valence-corrected chi connectivity index (χ4v) is 2.74. The van der Waals surface area contributed by atoms with Gasteiger partial charge in [-0.25, -0.2) is 4.79 Å². The highest BCUT2D eigenvalue weighted by Crippen LogP contribution is 2.16. The first-order valence-electron chi connectivity index (χ1n) is 10.1. The van der Waals surface area contributed by atoms with Crippen LogP contribution in [0.3, 0.4) is 0 Å². The molecule has 0 aliphatic carbocycles. The molecule has 3 aromatic rings. The summed E-state index contributed by atoms with van der Waals surface area (Å²) < 4.78 is 10.9. The van der Waals surface area contributed by atoms with E-state index in [4.69, 9.17) is 9.47 Å². The number of hydrogen-bond donors (Lipinski definition) is 1. The van der Waals surface area contributed by atoms with Gasteiger partial charge in [0, 0.05) is 11.8 Å². The zero-order valence-corrected chi connectivity index (χ0v) is 17.6. The molecule has 0 atom stereocenters. The van der Waals surface area contributed by atoms with Gasteiger partial charge in [0.15, 0.2) is 0 Å². The molecule has 31 heavy (non-hydrogen) atoms. The number of ether oxygens (including phenoxy) is 2. The van der Waals surface area contributed by atoms with Gasteiger partial charge in [-0.15, -0.1) is 0 Å². The van der Waals surface area contributed by atoms with E-state index in [1.165, 1.54) is 6.08 Å². The molecule has 5 nitrogen and oxygen atoms in total. The van der Waals surface area contributed by atoms with Crippen LogP contribution in [0.15, 0.2) is 84.9 Å². The van der Waals surface area contributed by atoms with Gasteiger partial charge in [0.25, 0.3) is 0 Å². The Morgan fingerprint density at radius 3 is 2.23 bits per heavy atom. The zero-order valence-electron chi connectivity index (χ0n) is 17.6. The lowest BCUT2D eigenvalue weighted by Gasteiger charge is -2.08. The van der Waals surface area contributed by atoms with E-state index in [1.807, 2.05) is 54.6 Å². The first-order chi connectivity index (χ1) is 15.0. The van der Waals surface area contributed by atoms with E-state index in [9.17, 15) is 9.59 Å². The SMILES string of the molecule is CC(C)OC(=O)c1ccc(NC(=O)C=Cc2ccc(OCc3ccccc3)cc2)cc1. The summed E-state index contributed by atoms with van der Waals surface area (Å²) in [5.41, 5.74) is 3.03. The number of nitrogens with one attached hydrogen (secondary N) is 1. The maximum Gasteiger partial charge on any atom is 0.338 e. The fraction of sp³-hybridized carbons (Fsp3) is 0.154. The van der Waals surface area contributed by atoms with Crippen molar-refractivity contribution < 1.29 is 19.1 Å². The highest BCUT2D eigenvalue weighted by Gasteiger charge is 2.09. The van der Waals surface area contributed by atoms with E-state index in [2.05, 4.69) is 5.32 Å². The summed E-state index contributed by atoms with van der Waals surface area (Å²) in [6.45, 7) is 4.10. The van der Waals surface area contributed by atoms with Crippen LogP contribution in [0.1, 0.15) is 35.3 Å². The number of anilines is 1. The minimum Gasteiger partial charge on any atom is -0.489 e. The lowest BCUT2D eigenvalue weighted by molar-refractivity contribution is -0.111. The Hall–Kier alpha value is -3.86. The van der Waals surface area contributed by atoms with Crippen LogP contribution in [0.25, 0.3) is 6.08 Å². The molecule has 0 spiro atoms. The number of carbonyl (C=O) groups excluding carboxylic acids is 2. The van der Waals surface area contributed by atoms with Crippen LogP contribution in [-0.4, -0.2) is 18.0 Å². The first-order valence-corrected chi connectivity index (χ1v) is 10.1. The Morgan fingerprint density at radius 1 is 0.903 bits per heavy atom. The molecule has 0 fully saturated rings. The summed E-state index contributed by atoms with van der Waals surface area (Å²) >= 11 is 0. The maximum absolute atomic E-state index is 12.2. The van der Waals surface area contributed by atoms with Gasteiger partial charge in [0.1, 0.15) is 12.4 Å². The topological polar surface area (TPSA) is 64.6 Å². The van der Waals surface area contributed by atoms with Gasteiger partial charge >= 0.3 is 5.97 Å². The van der Waals surface area contributed by atoms with Crippen LogP contribution in [0, 0.1) is 0 Å². The summed E-state index contributed by atoms with van der Waals surface area (Å²) in [5, 5.41) is 2.77. The molecule has 0 radical (unpaired) electrons. The summed E-state index contributed by atoms with van der Waals surface area (Å²) in [4.78, 5) is 24.0. The highest BCUT2D eigenvalue weighted by molar-refractivity contribution is 6.02. The van der Waals surface area contributed by atoms with Gasteiger partial charge in [-0.2, -0.15) is 0 Å². The second-order valence-corrected chi connectivity index (χ2v) is 7.20. The van der Waals surface area contributed by atoms with Crippen molar-refractivity contribution in [1.29, 1.82) is 0 Å².